The highest BCUT2D eigenvalue weighted by Crippen LogP contribution is 2.18. The van der Waals surface area contributed by atoms with Gasteiger partial charge in [-0.25, -0.2) is 0 Å². The van der Waals surface area contributed by atoms with Crippen LogP contribution in [0.4, 0.5) is 0 Å². The van der Waals surface area contributed by atoms with Gasteiger partial charge in [-0.2, -0.15) is 5.10 Å². The maximum absolute atomic E-state index is 5.89. The lowest BCUT2D eigenvalue weighted by molar-refractivity contribution is 0.0112. The molecule has 0 saturated heterocycles. The summed E-state index contributed by atoms with van der Waals surface area (Å²) >= 11 is 5.89. The smallest absolute Gasteiger partial charge is 0.0640 e. The number of aryl methyl sites for hydroxylation is 2. The van der Waals surface area contributed by atoms with E-state index in [2.05, 4.69) is 25.9 Å². The Morgan fingerprint density at radius 1 is 1.38 bits per heavy atom. The van der Waals surface area contributed by atoms with Gasteiger partial charge in [0.15, 0.2) is 0 Å². The molecule has 3 nitrogen and oxygen atoms in total. The Kier molecular flexibility index (Phi) is 4.39. The zero-order valence-corrected chi connectivity index (χ0v) is 11.6. The lowest BCUT2D eigenvalue weighted by Gasteiger charge is -2.22. The zero-order valence-electron chi connectivity index (χ0n) is 10.8. The standard InChI is InChI=1S/C12H21ClN2O/c1-9-11(8-13)10(2)15(14-9)7-6-12(3,4)16-5/h6-8H2,1-5H3. The van der Waals surface area contributed by atoms with Gasteiger partial charge in [-0.15, -0.1) is 11.6 Å². The van der Waals surface area contributed by atoms with Crippen LogP contribution in [0.3, 0.4) is 0 Å². The Hall–Kier alpha value is -0.540. The third-order valence-corrected chi connectivity index (χ3v) is 3.41. The third kappa shape index (κ3) is 2.98. The molecule has 0 atom stereocenters. The number of rotatable bonds is 5. The summed E-state index contributed by atoms with van der Waals surface area (Å²) in [6.07, 6.45) is 0.938. The monoisotopic (exact) mass is 244 g/mol. The summed E-state index contributed by atoms with van der Waals surface area (Å²) in [5.41, 5.74) is 3.24. The molecule has 16 heavy (non-hydrogen) atoms. The van der Waals surface area contributed by atoms with E-state index in [0.29, 0.717) is 5.88 Å². The Morgan fingerprint density at radius 2 is 2.00 bits per heavy atom. The average molecular weight is 245 g/mol. The second kappa shape index (κ2) is 5.19. The molecule has 1 aromatic rings. The van der Waals surface area contributed by atoms with Gasteiger partial charge in [0.1, 0.15) is 0 Å². The fraction of sp³-hybridized carbons (Fsp3) is 0.750. The van der Waals surface area contributed by atoms with Crippen molar-refractivity contribution in [2.45, 2.75) is 52.1 Å². The Bertz CT molecular complexity index is 358. The summed E-state index contributed by atoms with van der Waals surface area (Å²) in [5, 5.41) is 4.50. The van der Waals surface area contributed by atoms with Gasteiger partial charge in [-0.05, 0) is 34.1 Å². The number of alkyl halides is 1. The van der Waals surface area contributed by atoms with Crippen LogP contribution in [0, 0.1) is 13.8 Å². The number of hydrogen-bond acceptors (Lipinski definition) is 2. The molecule has 0 amide bonds. The topological polar surface area (TPSA) is 27.1 Å². The number of methoxy groups -OCH3 is 1. The summed E-state index contributed by atoms with van der Waals surface area (Å²) in [6, 6.07) is 0. The molecule has 92 valence electrons. The van der Waals surface area contributed by atoms with Gasteiger partial charge < -0.3 is 4.74 Å². The first kappa shape index (κ1) is 13.5. The molecular formula is C12H21ClN2O. The summed E-state index contributed by atoms with van der Waals surface area (Å²) in [5.74, 6) is 0.533. The maximum atomic E-state index is 5.89. The number of aromatic nitrogens is 2. The first-order chi connectivity index (χ1) is 7.41. The SMILES string of the molecule is COC(C)(C)CCn1nc(C)c(CCl)c1C. The van der Waals surface area contributed by atoms with Gasteiger partial charge in [-0.1, -0.05) is 0 Å². The van der Waals surface area contributed by atoms with Crippen LogP contribution < -0.4 is 0 Å². The molecule has 0 aromatic carbocycles. The highest BCUT2D eigenvalue weighted by Gasteiger charge is 2.18. The fourth-order valence-corrected chi connectivity index (χ4v) is 2.01. The van der Waals surface area contributed by atoms with Gasteiger partial charge in [0.25, 0.3) is 0 Å². The van der Waals surface area contributed by atoms with Crippen LogP contribution in [0.15, 0.2) is 0 Å². The quantitative estimate of drug-likeness (QED) is 0.745. The summed E-state index contributed by atoms with van der Waals surface area (Å²) in [7, 11) is 1.74. The van der Waals surface area contributed by atoms with E-state index in [9.17, 15) is 0 Å². The Morgan fingerprint density at radius 3 is 2.44 bits per heavy atom. The largest absolute Gasteiger partial charge is 0.379 e. The zero-order chi connectivity index (χ0) is 12.3. The van der Waals surface area contributed by atoms with E-state index < -0.39 is 0 Å². The highest BCUT2D eigenvalue weighted by atomic mass is 35.5. The third-order valence-electron chi connectivity index (χ3n) is 3.14. The molecular weight excluding hydrogens is 224 g/mol. The molecule has 1 rings (SSSR count). The van der Waals surface area contributed by atoms with Crippen LogP contribution >= 0.6 is 11.6 Å². The molecule has 0 spiro atoms. The van der Waals surface area contributed by atoms with Crippen molar-refractivity contribution >= 4 is 11.6 Å². The van der Waals surface area contributed by atoms with Crippen molar-refractivity contribution in [3.8, 4) is 0 Å². The molecule has 0 aliphatic carbocycles. The minimum atomic E-state index is -0.104. The molecule has 0 radical (unpaired) electrons. The van der Waals surface area contributed by atoms with Crippen LogP contribution in [-0.4, -0.2) is 22.5 Å². The molecule has 1 aromatic heterocycles. The van der Waals surface area contributed by atoms with E-state index in [0.717, 1.165) is 24.2 Å². The highest BCUT2D eigenvalue weighted by molar-refractivity contribution is 6.17. The summed E-state index contributed by atoms with van der Waals surface area (Å²) in [4.78, 5) is 0. The van der Waals surface area contributed by atoms with E-state index in [4.69, 9.17) is 16.3 Å². The molecule has 0 saturated carbocycles. The second-order valence-electron chi connectivity index (χ2n) is 4.72. The van der Waals surface area contributed by atoms with E-state index in [1.807, 2.05) is 11.6 Å². The van der Waals surface area contributed by atoms with E-state index in [1.165, 1.54) is 5.69 Å². The van der Waals surface area contributed by atoms with Gasteiger partial charge in [0.05, 0.1) is 17.2 Å². The van der Waals surface area contributed by atoms with Crippen LogP contribution in [-0.2, 0) is 17.2 Å². The van der Waals surface area contributed by atoms with Gasteiger partial charge in [-0.3, -0.25) is 4.68 Å². The average Bonchev–Trinajstić information content (AvgIpc) is 2.51. The van der Waals surface area contributed by atoms with Gasteiger partial charge in [0, 0.05) is 24.9 Å². The molecule has 4 heteroatoms. The van der Waals surface area contributed by atoms with Crippen LogP contribution in [0.25, 0.3) is 0 Å². The van der Waals surface area contributed by atoms with Gasteiger partial charge >= 0.3 is 0 Å². The van der Waals surface area contributed by atoms with Crippen molar-refractivity contribution in [3.05, 3.63) is 17.0 Å². The lowest BCUT2D eigenvalue weighted by atomic mass is 10.1. The molecule has 0 aliphatic rings. The Balaban J connectivity index is 2.75. The van der Waals surface area contributed by atoms with Crippen molar-refractivity contribution in [3.63, 3.8) is 0 Å². The molecule has 1 heterocycles. The predicted molar refractivity (Wildman–Crippen MR) is 67.0 cm³/mol. The minimum absolute atomic E-state index is 0.104. The number of ether oxygens (including phenoxy) is 1. The van der Waals surface area contributed by atoms with E-state index in [1.54, 1.807) is 7.11 Å². The summed E-state index contributed by atoms with van der Waals surface area (Å²) in [6.45, 7) is 9.10. The predicted octanol–water partition coefficient (Wildman–Crippen LogP) is 3.05. The van der Waals surface area contributed by atoms with Crippen LogP contribution in [0.1, 0.15) is 37.2 Å². The molecule has 0 bridgehead atoms. The normalized spacial score (nSPS) is 12.1. The number of halogens is 1. The van der Waals surface area contributed by atoms with Crippen LogP contribution in [0.5, 0.6) is 0 Å². The second-order valence-corrected chi connectivity index (χ2v) is 4.99. The Labute approximate surface area is 103 Å². The number of nitrogens with zero attached hydrogens (tertiary/aromatic N) is 2. The van der Waals surface area contributed by atoms with Crippen molar-refractivity contribution in [1.82, 2.24) is 9.78 Å². The van der Waals surface area contributed by atoms with Crippen molar-refractivity contribution in [1.29, 1.82) is 0 Å². The van der Waals surface area contributed by atoms with Crippen molar-refractivity contribution < 1.29 is 4.74 Å². The lowest BCUT2D eigenvalue weighted by Crippen LogP contribution is -2.25. The first-order valence-electron chi connectivity index (χ1n) is 5.55. The molecule has 0 aliphatic heterocycles. The molecule has 0 N–H and O–H groups in total. The van der Waals surface area contributed by atoms with Gasteiger partial charge in [0.2, 0.25) is 0 Å². The minimum Gasteiger partial charge on any atom is -0.379 e. The van der Waals surface area contributed by atoms with E-state index >= 15 is 0 Å². The van der Waals surface area contributed by atoms with Crippen molar-refractivity contribution in [2.24, 2.45) is 0 Å². The first-order valence-corrected chi connectivity index (χ1v) is 6.08. The number of hydrogen-bond donors (Lipinski definition) is 0. The van der Waals surface area contributed by atoms with Crippen molar-refractivity contribution in [2.75, 3.05) is 7.11 Å². The maximum Gasteiger partial charge on any atom is 0.0640 e. The molecule has 0 unspecified atom stereocenters. The molecule has 0 fully saturated rings. The summed E-state index contributed by atoms with van der Waals surface area (Å²) < 4.78 is 7.42. The van der Waals surface area contributed by atoms with E-state index in [-0.39, 0.29) is 5.60 Å². The van der Waals surface area contributed by atoms with Crippen LogP contribution in [0.2, 0.25) is 0 Å². The fourth-order valence-electron chi connectivity index (χ4n) is 1.62.